The number of urea groups is 1. The minimum absolute atomic E-state index is 0.0589. The van der Waals surface area contributed by atoms with Crippen LogP contribution < -0.4 is 10.6 Å². The molecule has 0 aliphatic heterocycles. The Morgan fingerprint density at radius 2 is 1.97 bits per heavy atom. The Morgan fingerprint density at radius 3 is 2.72 bits per heavy atom. The second kappa shape index (κ2) is 8.93. The lowest BCUT2D eigenvalue weighted by Crippen LogP contribution is -2.29. The number of ketones is 1. The van der Waals surface area contributed by atoms with Gasteiger partial charge < -0.3 is 15.6 Å². The number of fused-ring (bicyclic) bond motifs is 1. The van der Waals surface area contributed by atoms with Crippen molar-refractivity contribution in [2.75, 3.05) is 11.9 Å². The summed E-state index contributed by atoms with van der Waals surface area (Å²) in [5, 5.41) is 5.25. The maximum Gasteiger partial charge on any atom is 0.319 e. The van der Waals surface area contributed by atoms with Gasteiger partial charge in [0.05, 0.1) is 11.3 Å². The van der Waals surface area contributed by atoms with Crippen LogP contribution >= 0.6 is 0 Å². The highest BCUT2D eigenvalue weighted by molar-refractivity contribution is 6.17. The molecule has 0 saturated carbocycles. The van der Waals surface area contributed by atoms with Gasteiger partial charge in [0.25, 0.3) is 0 Å². The molecule has 3 N–H and O–H groups in total. The lowest BCUT2D eigenvalue weighted by atomic mass is 10.00. The fraction of sp³-hybridized carbons (Fsp3) is 0.130. The van der Waals surface area contributed by atoms with Crippen LogP contribution in [0, 0.1) is 11.6 Å². The molecule has 0 atom stereocenters. The Bertz CT molecular complexity index is 1300. The van der Waals surface area contributed by atoms with Crippen LogP contribution in [0.1, 0.15) is 29.3 Å². The standard InChI is InChI=1S/C23H19F2N5O2/c1-2-7-27-23(32)30-18-6-5-17(24)19(20(18)25)21(31)16-12-29-22-15(16)9-14(11-28-22)13-4-3-8-26-10-13/h3-6,8-12H,2,7H2,1H3,(H,28,29)(H2,27,30,32). The van der Waals surface area contributed by atoms with Gasteiger partial charge in [-0.05, 0) is 30.7 Å². The third kappa shape index (κ3) is 4.04. The number of nitrogens with zero attached hydrogens (tertiary/aromatic N) is 2. The summed E-state index contributed by atoms with van der Waals surface area (Å²) in [6.45, 7) is 2.26. The summed E-state index contributed by atoms with van der Waals surface area (Å²) >= 11 is 0. The molecule has 4 rings (SSSR count). The molecule has 1 aromatic carbocycles. The van der Waals surface area contributed by atoms with Crippen molar-refractivity contribution in [2.45, 2.75) is 13.3 Å². The van der Waals surface area contributed by atoms with E-state index in [0.717, 1.165) is 17.7 Å². The predicted octanol–water partition coefficient (Wildman–Crippen LogP) is 4.67. The Labute approximate surface area is 181 Å². The minimum Gasteiger partial charge on any atom is -0.345 e. The average Bonchev–Trinajstić information content (AvgIpc) is 3.23. The first-order chi connectivity index (χ1) is 15.5. The van der Waals surface area contributed by atoms with E-state index in [4.69, 9.17) is 0 Å². The molecular formula is C23H19F2N5O2. The summed E-state index contributed by atoms with van der Waals surface area (Å²) in [6.07, 6.45) is 6.95. The second-order valence-electron chi connectivity index (χ2n) is 7.06. The van der Waals surface area contributed by atoms with Crippen molar-refractivity contribution in [3.8, 4) is 11.1 Å². The van der Waals surface area contributed by atoms with Crippen molar-refractivity contribution in [3.05, 3.63) is 77.9 Å². The van der Waals surface area contributed by atoms with Crippen molar-refractivity contribution in [1.29, 1.82) is 0 Å². The van der Waals surface area contributed by atoms with Gasteiger partial charge in [0.15, 0.2) is 5.82 Å². The zero-order valence-corrected chi connectivity index (χ0v) is 17.1. The molecule has 4 aromatic rings. The molecule has 9 heteroatoms. The average molecular weight is 435 g/mol. The summed E-state index contributed by atoms with van der Waals surface area (Å²) in [6, 6.07) is 6.68. The highest BCUT2D eigenvalue weighted by Gasteiger charge is 2.25. The monoisotopic (exact) mass is 435 g/mol. The molecule has 2 amide bonds. The van der Waals surface area contributed by atoms with Crippen LogP contribution in [-0.2, 0) is 0 Å². The zero-order chi connectivity index (χ0) is 22.7. The number of pyridine rings is 2. The van der Waals surface area contributed by atoms with E-state index in [1.807, 2.05) is 13.0 Å². The number of rotatable bonds is 6. The smallest absolute Gasteiger partial charge is 0.319 e. The van der Waals surface area contributed by atoms with Crippen LogP contribution in [0.5, 0.6) is 0 Å². The highest BCUT2D eigenvalue weighted by Crippen LogP contribution is 2.29. The molecule has 0 aliphatic carbocycles. The molecule has 0 saturated heterocycles. The van der Waals surface area contributed by atoms with Gasteiger partial charge in [0.1, 0.15) is 11.5 Å². The number of hydrogen-bond donors (Lipinski definition) is 3. The van der Waals surface area contributed by atoms with Crippen LogP contribution in [-0.4, -0.2) is 33.3 Å². The number of aromatic nitrogens is 3. The number of carbonyl (C=O) groups is 2. The van der Waals surface area contributed by atoms with Crippen molar-refractivity contribution in [2.24, 2.45) is 0 Å². The van der Waals surface area contributed by atoms with E-state index >= 15 is 4.39 Å². The number of benzene rings is 1. The molecular weight excluding hydrogens is 416 g/mol. The van der Waals surface area contributed by atoms with E-state index < -0.39 is 29.0 Å². The maximum absolute atomic E-state index is 15.1. The third-order valence-corrected chi connectivity index (χ3v) is 4.87. The first-order valence-electron chi connectivity index (χ1n) is 9.94. The van der Waals surface area contributed by atoms with E-state index in [-0.39, 0.29) is 11.3 Å². The normalized spacial score (nSPS) is 10.8. The molecule has 32 heavy (non-hydrogen) atoms. The molecule has 3 heterocycles. The van der Waals surface area contributed by atoms with Crippen LogP contribution in [0.25, 0.3) is 22.2 Å². The molecule has 0 radical (unpaired) electrons. The van der Waals surface area contributed by atoms with E-state index in [1.165, 1.54) is 6.20 Å². The number of hydrogen-bond acceptors (Lipinski definition) is 4. The van der Waals surface area contributed by atoms with E-state index in [0.29, 0.717) is 29.6 Å². The fourth-order valence-electron chi connectivity index (χ4n) is 3.28. The Kier molecular flexibility index (Phi) is 5.89. The SMILES string of the molecule is CCCNC(=O)Nc1ccc(F)c(C(=O)c2c[nH]c3ncc(-c4cccnc4)cc23)c1F. The van der Waals surface area contributed by atoms with Gasteiger partial charge in [0.2, 0.25) is 5.78 Å². The number of halogens is 2. The predicted molar refractivity (Wildman–Crippen MR) is 116 cm³/mol. The number of aromatic amines is 1. The lowest BCUT2D eigenvalue weighted by molar-refractivity contribution is 0.103. The molecule has 0 bridgehead atoms. The van der Waals surface area contributed by atoms with Crippen molar-refractivity contribution >= 4 is 28.5 Å². The molecule has 7 nitrogen and oxygen atoms in total. The molecule has 0 fully saturated rings. The maximum atomic E-state index is 15.1. The number of anilines is 1. The fourth-order valence-corrected chi connectivity index (χ4v) is 3.28. The van der Waals surface area contributed by atoms with Gasteiger partial charge in [-0.3, -0.25) is 9.78 Å². The Morgan fingerprint density at radius 1 is 1.12 bits per heavy atom. The van der Waals surface area contributed by atoms with Crippen LogP contribution in [0.15, 0.2) is 55.1 Å². The van der Waals surface area contributed by atoms with Crippen molar-refractivity contribution in [1.82, 2.24) is 20.3 Å². The lowest BCUT2D eigenvalue weighted by Gasteiger charge is -2.11. The third-order valence-electron chi connectivity index (χ3n) is 4.87. The molecule has 0 spiro atoms. The van der Waals surface area contributed by atoms with Crippen LogP contribution in [0.4, 0.5) is 19.3 Å². The van der Waals surface area contributed by atoms with Gasteiger partial charge in [-0.2, -0.15) is 0 Å². The van der Waals surface area contributed by atoms with Crippen LogP contribution in [0.2, 0.25) is 0 Å². The van der Waals surface area contributed by atoms with E-state index in [2.05, 4.69) is 25.6 Å². The molecule has 162 valence electrons. The van der Waals surface area contributed by atoms with Crippen molar-refractivity contribution in [3.63, 3.8) is 0 Å². The number of H-pyrrole nitrogens is 1. The summed E-state index contributed by atoms with van der Waals surface area (Å²) in [7, 11) is 0. The van der Waals surface area contributed by atoms with Gasteiger partial charge >= 0.3 is 6.03 Å². The van der Waals surface area contributed by atoms with E-state index in [1.54, 1.807) is 30.7 Å². The topological polar surface area (TPSA) is 99.8 Å². The first-order valence-corrected chi connectivity index (χ1v) is 9.94. The summed E-state index contributed by atoms with van der Waals surface area (Å²) < 4.78 is 29.6. The Balaban J connectivity index is 1.73. The van der Waals surface area contributed by atoms with Gasteiger partial charge in [0, 0.05) is 53.4 Å². The van der Waals surface area contributed by atoms with Gasteiger partial charge in [-0.15, -0.1) is 0 Å². The zero-order valence-electron chi connectivity index (χ0n) is 17.1. The first kappa shape index (κ1) is 21.1. The summed E-state index contributed by atoms with van der Waals surface area (Å²) in [5.74, 6) is -3.04. The number of nitrogens with one attached hydrogen (secondary N) is 3. The van der Waals surface area contributed by atoms with Gasteiger partial charge in [-0.25, -0.2) is 18.6 Å². The molecule has 0 aliphatic rings. The van der Waals surface area contributed by atoms with Crippen molar-refractivity contribution < 1.29 is 18.4 Å². The number of amides is 2. The summed E-state index contributed by atoms with van der Waals surface area (Å²) in [4.78, 5) is 36.2. The molecule has 0 unspecified atom stereocenters. The quantitative estimate of drug-likeness (QED) is 0.383. The molecule has 3 aromatic heterocycles. The van der Waals surface area contributed by atoms with E-state index in [9.17, 15) is 14.0 Å². The minimum atomic E-state index is -1.15. The van der Waals surface area contributed by atoms with Crippen LogP contribution in [0.3, 0.4) is 0 Å². The Hall–Kier alpha value is -4.14. The summed E-state index contributed by atoms with van der Waals surface area (Å²) in [5.41, 5.74) is 0.883. The second-order valence-corrected chi connectivity index (χ2v) is 7.06. The highest BCUT2D eigenvalue weighted by atomic mass is 19.1. The largest absolute Gasteiger partial charge is 0.345 e. The number of carbonyl (C=O) groups excluding carboxylic acids is 2. The van der Waals surface area contributed by atoms with Gasteiger partial charge in [-0.1, -0.05) is 13.0 Å².